The van der Waals surface area contributed by atoms with E-state index in [4.69, 9.17) is 4.74 Å². The summed E-state index contributed by atoms with van der Waals surface area (Å²) in [6.07, 6.45) is 3.27. The summed E-state index contributed by atoms with van der Waals surface area (Å²) in [6, 6.07) is 7.80. The number of likely N-dealkylation sites (tertiary alicyclic amines) is 2. The highest BCUT2D eigenvalue weighted by Gasteiger charge is 2.29. The van der Waals surface area contributed by atoms with Crippen molar-refractivity contribution in [2.24, 2.45) is 5.92 Å². The van der Waals surface area contributed by atoms with Gasteiger partial charge in [-0.2, -0.15) is 0 Å². The van der Waals surface area contributed by atoms with Crippen LogP contribution in [0.5, 0.6) is 0 Å². The van der Waals surface area contributed by atoms with Crippen LogP contribution >= 0.6 is 0 Å². The highest BCUT2D eigenvalue weighted by atomic mass is 16.5. The smallest absolute Gasteiger partial charge is 0.317 e. The fraction of sp³-hybridized carbons (Fsp3) is 0.609. The molecule has 2 fully saturated rings. The molecular formula is C23H33N3O4. The van der Waals surface area contributed by atoms with E-state index in [1.165, 1.54) is 0 Å². The molecule has 1 aromatic carbocycles. The average Bonchev–Trinajstić information content (AvgIpc) is 2.79. The van der Waals surface area contributed by atoms with Gasteiger partial charge in [0, 0.05) is 44.2 Å². The van der Waals surface area contributed by atoms with Crippen LogP contribution in [0.1, 0.15) is 61.4 Å². The van der Waals surface area contributed by atoms with Crippen molar-refractivity contribution in [3.05, 3.63) is 35.4 Å². The van der Waals surface area contributed by atoms with Gasteiger partial charge in [-0.05, 0) is 57.2 Å². The lowest BCUT2D eigenvalue weighted by molar-refractivity contribution is -0.149. The first-order valence-corrected chi connectivity index (χ1v) is 11.1. The van der Waals surface area contributed by atoms with Gasteiger partial charge in [0.2, 0.25) is 0 Å². The third kappa shape index (κ3) is 5.32. The molecule has 0 aliphatic carbocycles. The molecular weight excluding hydrogens is 382 g/mol. The van der Waals surface area contributed by atoms with Crippen LogP contribution < -0.4 is 5.32 Å². The molecule has 2 heterocycles. The minimum absolute atomic E-state index is 0.00977. The molecule has 7 heteroatoms. The van der Waals surface area contributed by atoms with Gasteiger partial charge in [-0.15, -0.1) is 0 Å². The zero-order valence-corrected chi connectivity index (χ0v) is 18.1. The Labute approximate surface area is 178 Å². The quantitative estimate of drug-likeness (QED) is 0.750. The molecule has 0 spiro atoms. The second-order valence-electron chi connectivity index (χ2n) is 8.06. The second kappa shape index (κ2) is 10.5. The van der Waals surface area contributed by atoms with E-state index in [9.17, 15) is 14.4 Å². The molecule has 1 aromatic rings. The highest BCUT2D eigenvalue weighted by Crippen LogP contribution is 2.28. The number of carbonyl (C=O) groups excluding carboxylic acids is 3. The third-order valence-corrected chi connectivity index (χ3v) is 6.04. The van der Waals surface area contributed by atoms with Crippen molar-refractivity contribution < 1.29 is 19.1 Å². The Balaban J connectivity index is 1.62. The predicted molar refractivity (Wildman–Crippen MR) is 114 cm³/mol. The molecule has 1 N–H and O–H groups in total. The van der Waals surface area contributed by atoms with E-state index in [2.05, 4.69) is 11.4 Å². The van der Waals surface area contributed by atoms with Gasteiger partial charge in [0.15, 0.2) is 0 Å². The first-order chi connectivity index (χ1) is 14.5. The highest BCUT2D eigenvalue weighted by molar-refractivity contribution is 5.94. The van der Waals surface area contributed by atoms with E-state index in [0.717, 1.165) is 24.9 Å². The molecule has 0 bridgehead atoms. The van der Waals surface area contributed by atoms with E-state index in [1.807, 2.05) is 41.8 Å². The van der Waals surface area contributed by atoms with Crippen molar-refractivity contribution >= 4 is 17.9 Å². The molecule has 0 saturated carbocycles. The lowest BCUT2D eigenvalue weighted by Gasteiger charge is -2.33. The number of hydrogen-bond acceptors (Lipinski definition) is 4. The van der Waals surface area contributed by atoms with E-state index in [-0.39, 0.29) is 29.7 Å². The summed E-state index contributed by atoms with van der Waals surface area (Å²) in [4.78, 5) is 40.8. The van der Waals surface area contributed by atoms with Crippen molar-refractivity contribution in [2.45, 2.75) is 45.4 Å². The predicted octanol–water partition coefficient (Wildman–Crippen LogP) is 3.01. The van der Waals surface area contributed by atoms with E-state index < -0.39 is 0 Å². The average molecular weight is 416 g/mol. The topological polar surface area (TPSA) is 79.0 Å². The van der Waals surface area contributed by atoms with Gasteiger partial charge in [0.05, 0.1) is 12.5 Å². The van der Waals surface area contributed by atoms with Crippen LogP contribution in [0.15, 0.2) is 24.3 Å². The number of piperidine rings is 2. The second-order valence-corrected chi connectivity index (χ2v) is 8.06. The van der Waals surface area contributed by atoms with Crippen LogP contribution in [0.3, 0.4) is 0 Å². The number of amides is 3. The van der Waals surface area contributed by atoms with Crippen LogP contribution in [0.2, 0.25) is 0 Å². The molecule has 30 heavy (non-hydrogen) atoms. The normalized spacial score (nSPS) is 20.0. The summed E-state index contributed by atoms with van der Waals surface area (Å²) in [5, 5.41) is 2.87. The monoisotopic (exact) mass is 415 g/mol. The van der Waals surface area contributed by atoms with Gasteiger partial charge in [-0.25, -0.2) is 4.79 Å². The standard InChI is InChI=1S/C23H33N3O4/c1-3-24-23(29)26-12-6-9-20(16-26)18-7-5-8-19(15-18)21(27)25-13-10-17(11-14-25)22(28)30-4-2/h5,7-8,15,17,20H,3-4,6,9-14,16H2,1-2H3,(H,24,29). The Bertz CT molecular complexity index is 759. The van der Waals surface area contributed by atoms with Gasteiger partial charge in [0.1, 0.15) is 0 Å². The maximum Gasteiger partial charge on any atom is 0.317 e. The first kappa shape index (κ1) is 22.1. The zero-order chi connectivity index (χ0) is 21.5. The van der Waals surface area contributed by atoms with E-state index >= 15 is 0 Å². The Morgan fingerprint density at radius 3 is 2.53 bits per heavy atom. The summed E-state index contributed by atoms with van der Waals surface area (Å²) in [6.45, 7) is 7.34. The molecule has 0 aromatic heterocycles. The summed E-state index contributed by atoms with van der Waals surface area (Å²) in [5.74, 6) is -0.0115. The van der Waals surface area contributed by atoms with Gasteiger partial charge >= 0.3 is 12.0 Å². The van der Waals surface area contributed by atoms with E-state index in [1.54, 1.807) is 0 Å². The molecule has 3 rings (SSSR count). The maximum absolute atomic E-state index is 13.0. The SMILES string of the molecule is CCNC(=O)N1CCCC(c2cccc(C(=O)N3CCC(C(=O)OCC)CC3)c2)C1. The summed E-state index contributed by atoms with van der Waals surface area (Å²) in [5.41, 5.74) is 1.79. The largest absolute Gasteiger partial charge is 0.466 e. The van der Waals surface area contributed by atoms with Crippen LogP contribution in [0.4, 0.5) is 4.79 Å². The fourth-order valence-corrected chi connectivity index (χ4v) is 4.38. The lowest BCUT2D eigenvalue weighted by atomic mass is 9.89. The molecule has 1 atom stereocenters. The molecule has 3 amide bonds. The maximum atomic E-state index is 13.0. The van der Waals surface area contributed by atoms with Crippen molar-refractivity contribution in [1.82, 2.24) is 15.1 Å². The number of carbonyl (C=O) groups is 3. The van der Waals surface area contributed by atoms with Crippen LogP contribution in [0.25, 0.3) is 0 Å². The van der Waals surface area contributed by atoms with Gasteiger partial charge in [0.25, 0.3) is 5.91 Å². The van der Waals surface area contributed by atoms with E-state index in [0.29, 0.717) is 51.2 Å². The zero-order valence-electron chi connectivity index (χ0n) is 18.1. The van der Waals surface area contributed by atoms with Crippen LogP contribution in [-0.4, -0.2) is 67.0 Å². The Morgan fingerprint density at radius 1 is 1.07 bits per heavy atom. The molecule has 1 unspecified atom stereocenters. The van der Waals surface area contributed by atoms with Gasteiger partial charge in [-0.1, -0.05) is 12.1 Å². The summed E-state index contributed by atoms with van der Waals surface area (Å²) < 4.78 is 5.11. The van der Waals surface area contributed by atoms with Crippen molar-refractivity contribution in [1.29, 1.82) is 0 Å². The fourth-order valence-electron chi connectivity index (χ4n) is 4.38. The van der Waals surface area contributed by atoms with Gasteiger partial charge < -0.3 is 19.9 Å². The van der Waals surface area contributed by atoms with Crippen molar-refractivity contribution in [2.75, 3.05) is 39.3 Å². The van der Waals surface area contributed by atoms with Gasteiger partial charge in [-0.3, -0.25) is 9.59 Å². The Morgan fingerprint density at radius 2 is 1.83 bits per heavy atom. The Hall–Kier alpha value is -2.57. The molecule has 2 saturated heterocycles. The number of urea groups is 1. The third-order valence-electron chi connectivity index (χ3n) is 6.04. The summed E-state index contributed by atoms with van der Waals surface area (Å²) >= 11 is 0. The molecule has 164 valence electrons. The number of rotatable bonds is 5. The van der Waals surface area contributed by atoms with Crippen molar-refractivity contribution in [3.8, 4) is 0 Å². The Kier molecular flexibility index (Phi) is 7.71. The first-order valence-electron chi connectivity index (χ1n) is 11.1. The number of esters is 1. The summed E-state index contributed by atoms with van der Waals surface area (Å²) in [7, 11) is 0. The lowest BCUT2D eigenvalue weighted by Crippen LogP contribution is -2.44. The molecule has 2 aliphatic heterocycles. The molecule has 7 nitrogen and oxygen atoms in total. The number of ether oxygens (including phenoxy) is 1. The molecule has 2 aliphatic rings. The number of nitrogens with zero attached hydrogens (tertiary/aromatic N) is 2. The number of hydrogen-bond donors (Lipinski definition) is 1. The molecule has 0 radical (unpaired) electrons. The number of nitrogens with one attached hydrogen (secondary N) is 1. The number of benzene rings is 1. The minimum atomic E-state index is -0.152. The van der Waals surface area contributed by atoms with Crippen LogP contribution in [0, 0.1) is 5.92 Å². The van der Waals surface area contributed by atoms with Crippen molar-refractivity contribution in [3.63, 3.8) is 0 Å². The van der Waals surface area contributed by atoms with Crippen LogP contribution in [-0.2, 0) is 9.53 Å². The minimum Gasteiger partial charge on any atom is -0.466 e.